The topological polar surface area (TPSA) is 102 Å². The Morgan fingerprint density at radius 1 is 0.912 bits per heavy atom. The zero-order valence-corrected chi connectivity index (χ0v) is 18.9. The zero-order chi connectivity index (χ0) is 24.1. The molecule has 8 nitrogen and oxygen atoms in total. The summed E-state index contributed by atoms with van der Waals surface area (Å²) in [5.41, 5.74) is 1.94. The number of carbonyl (C=O) groups is 2. The molecule has 4 aromatic rings. The smallest absolute Gasteiger partial charge is 0.261 e. The minimum absolute atomic E-state index is 0.164. The third-order valence-electron chi connectivity index (χ3n) is 5.21. The van der Waals surface area contributed by atoms with Crippen molar-refractivity contribution < 1.29 is 14.3 Å². The molecule has 0 atom stereocenters. The standard InChI is InChI=1S/C26H24N4O4/c1-3-34-21-14-12-20(13-15-21)29-25(32)18-8-10-19(11-9-18)28-24(31)16-30-17(2)27-23-7-5-4-6-22(23)26(30)33/h4-15H,3,16H2,1-2H3,(H,28,31)(H,29,32). The van der Waals surface area contributed by atoms with Crippen LogP contribution < -0.4 is 20.9 Å². The number of nitrogens with one attached hydrogen (secondary N) is 2. The first-order chi connectivity index (χ1) is 16.4. The summed E-state index contributed by atoms with van der Waals surface area (Å²) in [6.07, 6.45) is 0. The third kappa shape index (κ3) is 5.12. The molecule has 3 aromatic carbocycles. The quantitative estimate of drug-likeness (QED) is 0.438. The van der Waals surface area contributed by atoms with E-state index in [4.69, 9.17) is 4.74 Å². The van der Waals surface area contributed by atoms with Crippen LogP contribution in [0.1, 0.15) is 23.1 Å². The lowest BCUT2D eigenvalue weighted by atomic mass is 10.2. The molecule has 8 heteroatoms. The van der Waals surface area contributed by atoms with Gasteiger partial charge in [0.25, 0.3) is 11.5 Å². The minimum atomic E-state index is -0.367. The number of hydrogen-bond donors (Lipinski definition) is 2. The van der Waals surface area contributed by atoms with Crippen LogP contribution in [0.2, 0.25) is 0 Å². The lowest BCUT2D eigenvalue weighted by Crippen LogP contribution is -2.30. The number of hydrogen-bond acceptors (Lipinski definition) is 5. The van der Waals surface area contributed by atoms with Crippen molar-refractivity contribution in [2.24, 2.45) is 0 Å². The number of benzene rings is 3. The fourth-order valence-electron chi connectivity index (χ4n) is 3.52. The van der Waals surface area contributed by atoms with Gasteiger partial charge in [-0.25, -0.2) is 4.98 Å². The van der Waals surface area contributed by atoms with Gasteiger partial charge in [-0.2, -0.15) is 0 Å². The van der Waals surface area contributed by atoms with E-state index in [1.165, 1.54) is 4.57 Å². The number of fused-ring (bicyclic) bond motifs is 1. The van der Waals surface area contributed by atoms with Gasteiger partial charge in [-0.1, -0.05) is 12.1 Å². The van der Waals surface area contributed by atoms with E-state index in [2.05, 4.69) is 15.6 Å². The number of aromatic nitrogens is 2. The maximum absolute atomic E-state index is 12.7. The minimum Gasteiger partial charge on any atom is -0.494 e. The van der Waals surface area contributed by atoms with Crippen LogP contribution in [0, 0.1) is 6.92 Å². The first-order valence-electron chi connectivity index (χ1n) is 10.8. The molecule has 172 valence electrons. The van der Waals surface area contributed by atoms with Gasteiger partial charge in [0, 0.05) is 16.9 Å². The first kappa shape index (κ1) is 22.7. The molecule has 0 radical (unpaired) electrons. The fraction of sp³-hybridized carbons (Fsp3) is 0.154. The van der Waals surface area contributed by atoms with Gasteiger partial charge < -0.3 is 15.4 Å². The average Bonchev–Trinajstić information content (AvgIpc) is 2.83. The maximum atomic E-state index is 12.7. The van der Waals surface area contributed by atoms with E-state index in [-0.39, 0.29) is 23.9 Å². The van der Waals surface area contributed by atoms with Gasteiger partial charge in [0.2, 0.25) is 5.91 Å². The van der Waals surface area contributed by atoms with Gasteiger partial charge in [0.05, 0.1) is 17.5 Å². The summed E-state index contributed by atoms with van der Waals surface area (Å²) in [7, 11) is 0. The van der Waals surface area contributed by atoms with Crippen LogP contribution >= 0.6 is 0 Å². The Balaban J connectivity index is 1.40. The molecule has 2 N–H and O–H groups in total. The van der Waals surface area contributed by atoms with E-state index in [0.29, 0.717) is 40.3 Å². The van der Waals surface area contributed by atoms with Crippen molar-refractivity contribution in [3.05, 3.63) is 94.5 Å². The molecule has 2 amide bonds. The summed E-state index contributed by atoms with van der Waals surface area (Å²) in [5.74, 6) is 0.554. The van der Waals surface area contributed by atoms with Crippen LogP contribution in [0.4, 0.5) is 11.4 Å². The van der Waals surface area contributed by atoms with Gasteiger partial charge in [0.1, 0.15) is 18.1 Å². The number of para-hydroxylation sites is 1. The van der Waals surface area contributed by atoms with Gasteiger partial charge >= 0.3 is 0 Å². The molecule has 0 aliphatic carbocycles. The molecule has 34 heavy (non-hydrogen) atoms. The van der Waals surface area contributed by atoms with Gasteiger partial charge in [-0.15, -0.1) is 0 Å². The van der Waals surface area contributed by atoms with Crippen LogP contribution in [0.15, 0.2) is 77.6 Å². The molecule has 1 aromatic heterocycles. The van der Waals surface area contributed by atoms with Crippen LogP contribution in [-0.2, 0) is 11.3 Å². The predicted molar refractivity (Wildman–Crippen MR) is 131 cm³/mol. The maximum Gasteiger partial charge on any atom is 0.261 e. The van der Waals surface area contributed by atoms with E-state index in [1.807, 2.05) is 13.0 Å². The monoisotopic (exact) mass is 456 g/mol. The van der Waals surface area contributed by atoms with E-state index in [1.54, 1.807) is 73.7 Å². The number of anilines is 2. The first-order valence-corrected chi connectivity index (χ1v) is 10.8. The Hall–Kier alpha value is -4.46. The second kappa shape index (κ2) is 9.99. The van der Waals surface area contributed by atoms with Crippen molar-refractivity contribution in [2.45, 2.75) is 20.4 Å². The summed E-state index contributed by atoms with van der Waals surface area (Å²) in [4.78, 5) is 42.2. The molecular formula is C26H24N4O4. The van der Waals surface area contributed by atoms with Gasteiger partial charge in [-0.05, 0) is 74.5 Å². The Morgan fingerprint density at radius 2 is 1.56 bits per heavy atom. The normalized spacial score (nSPS) is 10.6. The second-order valence-corrected chi connectivity index (χ2v) is 7.60. The van der Waals surface area contributed by atoms with Crippen LogP contribution in [0.25, 0.3) is 10.9 Å². The molecule has 0 bridgehead atoms. The highest BCUT2D eigenvalue weighted by atomic mass is 16.5. The Morgan fingerprint density at radius 3 is 2.26 bits per heavy atom. The van der Waals surface area contributed by atoms with Crippen LogP contribution in [0.5, 0.6) is 5.75 Å². The Labute approximate surface area is 196 Å². The Kier molecular flexibility index (Phi) is 6.68. The summed E-state index contributed by atoms with van der Waals surface area (Å²) >= 11 is 0. The fourth-order valence-corrected chi connectivity index (χ4v) is 3.52. The molecule has 4 rings (SSSR count). The molecule has 1 heterocycles. The highest BCUT2D eigenvalue weighted by Gasteiger charge is 2.12. The summed E-state index contributed by atoms with van der Waals surface area (Å²) < 4.78 is 6.74. The highest BCUT2D eigenvalue weighted by molar-refractivity contribution is 6.04. The summed E-state index contributed by atoms with van der Waals surface area (Å²) in [6.45, 7) is 4.01. The van der Waals surface area contributed by atoms with E-state index >= 15 is 0 Å². The van der Waals surface area contributed by atoms with Crippen molar-refractivity contribution in [2.75, 3.05) is 17.2 Å². The summed E-state index contributed by atoms with van der Waals surface area (Å²) in [5, 5.41) is 6.04. The molecule has 0 aliphatic rings. The highest BCUT2D eigenvalue weighted by Crippen LogP contribution is 2.17. The van der Waals surface area contributed by atoms with Crippen molar-refractivity contribution in [3.63, 3.8) is 0 Å². The van der Waals surface area contributed by atoms with E-state index in [0.717, 1.165) is 5.75 Å². The van der Waals surface area contributed by atoms with E-state index in [9.17, 15) is 14.4 Å². The molecule has 0 saturated heterocycles. The number of aryl methyl sites for hydroxylation is 1. The number of amides is 2. The molecule has 0 saturated carbocycles. The second-order valence-electron chi connectivity index (χ2n) is 7.60. The largest absolute Gasteiger partial charge is 0.494 e. The number of carbonyl (C=O) groups excluding carboxylic acids is 2. The van der Waals surface area contributed by atoms with Crippen molar-refractivity contribution in [3.8, 4) is 5.75 Å². The van der Waals surface area contributed by atoms with Gasteiger partial charge in [0.15, 0.2) is 0 Å². The molecule has 0 fully saturated rings. The average molecular weight is 457 g/mol. The molecule has 0 spiro atoms. The number of rotatable bonds is 7. The Bertz CT molecular complexity index is 1390. The van der Waals surface area contributed by atoms with Crippen molar-refractivity contribution in [1.82, 2.24) is 9.55 Å². The zero-order valence-electron chi connectivity index (χ0n) is 18.9. The van der Waals surface area contributed by atoms with E-state index < -0.39 is 0 Å². The van der Waals surface area contributed by atoms with Crippen molar-refractivity contribution >= 4 is 34.1 Å². The van der Waals surface area contributed by atoms with Crippen molar-refractivity contribution in [1.29, 1.82) is 0 Å². The van der Waals surface area contributed by atoms with Crippen LogP contribution in [0.3, 0.4) is 0 Å². The molecule has 0 aliphatic heterocycles. The number of ether oxygens (including phenoxy) is 1. The SMILES string of the molecule is CCOc1ccc(NC(=O)c2ccc(NC(=O)Cn3c(C)nc4ccccc4c3=O)cc2)cc1. The predicted octanol–water partition coefficient (Wildman–Crippen LogP) is 3.99. The third-order valence-corrected chi connectivity index (χ3v) is 5.21. The van der Waals surface area contributed by atoms with Crippen LogP contribution in [-0.4, -0.2) is 28.0 Å². The molecular weight excluding hydrogens is 432 g/mol. The molecule has 0 unspecified atom stereocenters. The number of nitrogens with zero attached hydrogens (tertiary/aromatic N) is 2. The van der Waals surface area contributed by atoms with Gasteiger partial charge in [-0.3, -0.25) is 19.0 Å². The lowest BCUT2D eigenvalue weighted by Gasteiger charge is -2.11. The lowest BCUT2D eigenvalue weighted by molar-refractivity contribution is -0.116. The summed E-state index contributed by atoms with van der Waals surface area (Å²) in [6, 6.07) is 20.7.